The fraction of sp³-hybridized carbons (Fsp3) is 0.448. The van der Waals surface area contributed by atoms with E-state index in [4.69, 9.17) is 19.2 Å². The van der Waals surface area contributed by atoms with Gasteiger partial charge in [0, 0.05) is 24.6 Å². The SMILES string of the molecule is CCC[C@@H](O)COc1ccc(F)c(-c2nc(-c3c(C)noc3C)c(C)c(N3Cc4cnn(CC(C)(F)F)c4C3)n2)c1. The van der Waals surface area contributed by atoms with Crippen molar-refractivity contribution in [2.24, 2.45) is 0 Å². The molecule has 12 heteroatoms. The summed E-state index contributed by atoms with van der Waals surface area (Å²) >= 11 is 0. The summed E-state index contributed by atoms with van der Waals surface area (Å²) in [6.07, 6.45) is 2.36. The number of alkyl halides is 2. The maximum atomic E-state index is 15.3. The van der Waals surface area contributed by atoms with E-state index in [1.165, 1.54) is 22.9 Å². The summed E-state index contributed by atoms with van der Waals surface area (Å²) in [6.45, 7) is 8.50. The monoisotopic (exact) mass is 570 g/mol. The van der Waals surface area contributed by atoms with Gasteiger partial charge in [0.25, 0.3) is 5.92 Å². The number of rotatable bonds is 10. The van der Waals surface area contributed by atoms with Crippen molar-refractivity contribution < 1.29 is 27.5 Å². The third-order valence-corrected chi connectivity index (χ3v) is 7.10. The van der Waals surface area contributed by atoms with Crippen LogP contribution in [-0.4, -0.2) is 48.6 Å². The molecule has 1 atom stereocenters. The van der Waals surface area contributed by atoms with Crippen LogP contribution in [0.15, 0.2) is 28.9 Å². The minimum Gasteiger partial charge on any atom is -0.491 e. The molecule has 0 aliphatic carbocycles. The lowest BCUT2D eigenvalue weighted by Gasteiger charge is -2.22. The van der Waals surface area contributed by atoms with Crippen molar-refractivity contribution in [1.29, 1.82) is 0 Å². The van der Waals surface area contributed by atoms with Gasteiger partial charge in [-0.3, -0.25) is 4.68 Å². The highest BCUT2D eigenvalue weighted by Crippen LogP contribution is 2.38. The Labute approximate surface area is 236 Å². The van der Waals surface area contributed by atoms with Gasteiger partial charge in [0.15, 0.2) is 5.82 Å². The lowest BCUT2D eigenvalue weighted by molar-refractivity contribution is -0.000156. The number of aromatic nitrogens is 5. The van der Waals surface area contributed by atoms with Gasteiger partial charge >= 0.3 is 0 Å². The zero-order valence-electron chi connectivity index (χ0n) is 23.7. The average molecular weight is 571 g/mol. The van der Waals surface area contributed by atoms with Gasteiger partial charge in [0.1, 0.15) is 36.3 Å². The third-order valence-electron chi connectivity index (χ3n) is 7.10. The second kappa shape index (κ2) is 11.2. The Kier molecular flexibility index (Phi) is 7.78. The first-order chi connectivity index (χ1) is 19.4. The highest BCUT2D eigenvalue weighted by Gasteiger charge is 2.32. The molecule has 1 aliphatic heterocycles. The second-order valence-electron chi connectivity index (χ2n) is 10.6. The molecule has 0 saturated heterocycles. The van der Waals surface area contributed by atoms with Crippen molar-refractivity contribution in [3.63, 3.8) is 0 Å². The molecule has 0 bridgehead atoms. The quantitative estimate of drug-likeness (QED) is 0.256. The van der Waals surface area contributed by atoms with Crippen LogP contribution in [0.5, 0.6) is 5.75 Å². The average Bonchev–Trinajstić information content (AvgIpc) is 3.59. The molecule has 0 unspecified atom stereocenters. The van der Waals surface area contributed by atoms with Crippen LogP contribution in [0.2, 0.25) is 0 Å². The lowest BCUT2D eigenvalue weighted by Crippen LogP contribution is -2.24. The van der Waals surface area contributed by atoms with Crippen molar-refractivity contribution >= 4 is 5.82 Å². The number of aryl methyl sites for hydroxylation is 2. The molecule has 0 amide bonds. The van der Waals surface area contributed by atoms with Crippen molar-refractivity contribution in [2.75, 3.05) is 11.5 Å². The maximum Gasteiger partial charge on any atom is 0.264 e. The molecule has 5 rings (SSSR count). The summed E-state index contributed by atoms with van der Waals surface area (Å²) in [7, 11) is 0. The fourth-order valence-electron chi connectivity index (χ4n) is 5.13. The Bertz CT molecular complexity index is 1540. The third kappa shape index (κ3) is 5.92. The first kappa shape index (κ1) is 28.6. The molecule has 1 aromatic carbocycles. The van der Waals surface area contributed by atoms with Crippen molar-refractivity contribution in [3.05, 3.63) is 58.5 Å². The summed E-state index contributed by atoms with van der Waals surface area (Å²) in [5.41, 5.74) is 4.16. The van der Waals surface area contributed by atoms with Crippen LogP contribution >= 0.6 is 0 Å². The van der Waals surface area contributed by atoms with Gasteiger partial charge in [-0.15, -0.1) is 0 Å². The number of fused-ring (bicyclic) bond motifs is 1. The molecule has 1 N–H and O–H groups in total. The normalized spacial score (nSPS) is 14.0. The highest BCUT2D eigenvalue weighted by atomic mass is 19.3. The number of anilines is 1. The predicted octanol–water partition coefficient (Wildman–Crippen LogP) is 5.77. The van der Waals surface area contributed by atoms with Crippen LogP contribution in [0.25, 0.3) is 22.6 Å². The number of aliphatic hydroxyl groups is 1. The van der Waals surface area contributed by atoms with Crippen molar-refractivity contribution in [3.8, 4) is 28.4 Å². The fourth-order valence-corrected chi connectivity index (χ4v) is 5.13. The van der Waals surface area contributed by atoms with Crippen LogP contribution in [0.1, 0.15) is 55.0 Å². The Morgan fingerprint density at radius 1 is 1.17 bits per heavy atom. The second-order valence-corrected chi connectivity index (χ2v) is 10.6. The molecule has 41 heavy (non-hydrogen) atoms. The summed E-state index contributed by atoms with van der Waals surface area (Å²) < 4.78 is 55.4. The van der Waals surface area contributed by atoms with Gasteiger partial charge in [-0.2, -0.15) is 5.10 Å². The largest absolute Gasteiger partial charge is 0.491 e. The molecule has 4 aromatic rings. The van der Waals surface area contributed by atoms with Crippen LogP contribution in [0, 0.1) is 26.6 Å². The van der Waals surface area contributed by atoms with E-state index in [1.54, 1.807) is 20.0 Å². The van der Waals surface area contributed by atoms with E-state index < -0.39 is 24.4 Å². The van der Waals surface area contributed by atoms with E-state index in [1.807, 2.05) is 18.7 Å². The smallest absolute Gasteiger partial charge is 0.264 e. The molecular weight excluding hydrogens is 537 g/mol. The molecule has 1 aliphatic rings. The van der Waals surface area contributed by atoms with Crippen LogP contribution in [0.4, 0.5) is 19.0 Å². The van der Waals surface area contributed by atoms with E-state index >= 15 is 4.39 Å². The standard InChI is InChI=1S/C29H33F3N6O3/c1-6-7-20(39)14-40-21-8-9-23(30)22(10-21)27-34-26(25-17(3)36-41-18(25)4)16(2)28(35-27)37-12-19-11-33-38(24(19)13-37)15-29(5,31)32/h8-11,20,39H,6-7,12-15H2,1-5H3/t20-/m1/s1. The molecule has 0 spiro atoms. The summed E-state index contributed by atoms with van der Waals surface area (Å²) in [4.78, 5) is 11.5. The number of hydrogen-bond acceptors (Lipinski definition) is 8. The van der Waals surface area contributed by atoms with Gasteiger partial charge in [-0.1, -0.05) is 18.5 Å². The molecule has 218 valence electrons. The van der Waals surface area contributed by atoms with Crippen molar-refractivity contribution in [2.45, 2.75) is 79.1 Å². The molecule has 9 nitrogen and oxygen atoms in total. The van der Waals surface area contributed by atoms with E-state index in [9.17, 15) is 13.9 Å². The Hall–Kier alpha value is -3.93. The summed E-state index contributed by atoms with van der Waals surface area (Å²) in [5, 5.41) is 18.3. The first-order valence-corrected chi connectivity index (χ1v) is 13.5. The molecule has 0 fully saturated rings. The van der Waals surface area contributed by atoms with Gasteiger partial charge in [-0.05, 0) is 45.4 Å². The van der Waals surface area contributed by atoms with Gasteiger partial charge in [0.2, 0.25) is 0 Å². The Morgan fingerprint density at radius 2 is 1.95 bits per heavy atom. The van der Waals surface area contributed by atoms with E-state index in [0.717, 1.165) is 18.9 Å². The molecule has 0 radical (unpaired) electrons. The van der Waals surface area contributed by atoms with E-state index in [0.29, 0.717) is 65.0 Å². The van der Waals surface area contributed by atoms with E-state index in [2.05, 4.69) is 10.3 Å². The zero-order chi connectivity index (χ0) is 29.5. The van der Waals surface area contributed by atoms with Crippen LogP contribution in [0.3, 0.4) is 0 Å². The first-order valence-electron chi connectivity index (χ1n) is 13.5. The Balaban J connectivity index is 1.57. The topological polar surface area (TPSA) is 102 Å². The van der Waals surface area contributed by atoms with Gasteiger partial charge in [0.05, 0.1) is 47.1 Å². The number of aliphatic hydroxyl groups excluding tert-OH is 1. The molecule has 0 saturated carbocycles. The molecular formula is C29H33F3N6O3. The predicted molar refractivity (Wildman–Crippen MR) is 146 cm³/mol. The van der Waals surface area contributed by atoms with Gasteiger partial charge in [-0.25, -0.2) is 23.1 Å². The maximum absolute atomic E-state index is 15.3. The van der Waals surface area contributed by atoms with Crippen molar-refractivity contribution in [1.82, 2.24) is 24.9 Å². The number of nitrogens with zero attached hydrogens (tertiary/aromatic N) is 6. The number of ether oxygens (including phenoxy) is 1. The highest BCUT2D eigenvalue weighted by molar-refractivity contribution is 5.75. The van der Waals surface area contributed by atoms with Gasteiger partial charge < -0.3 is 19.3 Å². The minimum absolute atomic E-state index is 0.0725. The minimum atomic E-state index is -2.92. The van der Waals surface area contributed by atoms with Crippen LogP contribution < -0.4 is 9.64 Å². The summed E-state index contributed by atoms with van der Waals surface area (Å²) in [6, 6.07) is 4.29. The molecule has 3 aromatic heterocycles. The summed E-state index contributed by atoms with van der Waals surface area (Å²) in [5.74, 6) is -1.89. The lowest BCUT2D eigenvalue weighted by atomic mass is 10.0. The van der Waals surface area contributed by atoms with Crippen LogP contribution in [-0.2, 0) is 19.6 Å². The number of benzene rings is 1. The van der Waals surface area contributed by atoms with E-state index in [-0.39, 0.29) is 18.0 Å². The number of halogens is 3. The zero-order valence-corrected chi connectivity index (χ0v) is 23.7. The Morgan fingerprint density at radius 3 is 2.63 bits per heavy atom. The molecule has 4 heterocycles. The number of hydrogen-bond donors (Lipinski definition) is 1.